The molecule has 15 nitrogen and oxygen atoms in total. The zero-order chi connectivity index (χ0) is 39.6. The summed E-state index contributed by atoms with van der Waals surface area (Å²) in [6.45, 7) is 3.85. The molecule has 0 bridgehead atoms. The molecule has 0 spiro atoms. The Labute approximate surface area is 327 Å². The summed E-state index contributed by atoms with van der Waals surface area (Å²) >= 11 is 0. The summed E-state index contributed by atoms with van der Waals surface area (Å²) < 4.78 is 17.9. The molecule has 1 saturated heterocycles. The molecule has 6 aromatic rings. The summed E-state index contributed by atoms with van der Waals surface area (Å²) in [5, 5.41) is 14.1. The minimum Gasteiger partial charge on any atom is -0.465 e. The summed E-state index contributed by atoms with van der Waals surface area (Å²) in [6, 6.07) is 27.5. The number of H-pyrrole nitrogens is 2. The molecule has 0 unspecified atom stereocenters. The Morgan fingerprint density at radius 2 is 1.58 bits per heavy atom. The predicted octanol–water partition coefficient (Wildman–Crippen LogP) is 4.99. The summed E-state index contributed by atoms with van der Waals surface area (Å²) in [5.74, 6) is -0.323. The third-order valence-electron chi connectivity index (χ3n) is 9.89. The minimum atomic E-state index is -1.10. The van der Waals surface area contributed by atoms with Gasteiger partial charge in [0.2, 0.25) is 5.91 Å². The number of carbonyl (C=O) groups excluding carboxylic acids is 1. The fourth-order valence-corrected chi connectivity index (χ4v) is 7.12. The van der Waals surface area contributed by atoms with Gasteiger partial charge in [0.25, 0.3) is 5.56 Å². The van der Waals surface area contributed by atoms with Crippen molar-refractivity contribution in [3.05, 3.63) is 118 Å². The normalized spacial score (nSPS) is 13.6. The van der Waals surface area contributed by atoms with Crippen molar-refractivity contribution in [2.24, 2.45) is 0 Å². The topological polar surface area (TPSA) is 193 Å². The number of amides is 2. The third-order valence-corrected chi connectivity index (χ3v) is 9.89. The predicted molar refractivity (Wildman–Crippen MR) is 216 cm³/mol. The average molecular weight is 776 g/mol. The molecule has 1 fully saturated rings. The Balaban J connectivity index is 0.908. The fourth-order valence-electron chi connectivity index (χ4n) is 7.12. The zero-order valence-corrected chi connectivity index (χ0v) is 31.4. The number of hydrogen-bond acceptors (Lipinski definition) is 9. The molecule has 1 aliphatic heterocycles. The number of rotatable bonds is 17. The number of carbonyl (C=O) groups is 2. The van der Waals surface area contributed by atoms with Crippen LogP contribution in [0.5, 0.6) is 0 Å². The van der Waals surface area contributed by atoms with E-state index in [9.17, 15) is 19.2 Å². The van der Waals surface area contributed by atoms with Crippen LogP contribution in [0.3, 0.4) is 0 Å². The SMILES string of the molecule is O=C(O)NCCOCCOCCOCC(=O)Nc1ccc2[nH]c(=O)n(C3CCN(Cc4ccc(-c5nc6cc[nH]c(=O)c6cc5-c5ccccc5)cc4)CC3)c2c1. The maximum absolute atomic E-state index is 13.2. The second kappa shape index (κ2) is 18.7. The number of aromatic nitrogens is 4. The summed E-state index contributed by atoms with van der Waals surface area (Å²) in [7, 11) is 0. The van der Waals surface area contributed by atoms with Gasteiger partial charge >= 0.3 is 11.8 Å². The van der Waals surface area contributed by atoms with Crippen molar-refractivity contribution in [1.29, 1.82) is 0 Å². The van der Waals surface area contributed by atoms with E-state index in [1.54, 1.807) is 18.3 Å². The van der Waals surface area contributed by atoms with Gasteiger partial charge < -0.3 is 39.9 Å². The Kier molecular flexibility index (Phi) is 12.8. The maximum Gasteiger partial charge on any atom is 0.404 e. The van der Waals surface area contributed by atoms with Crippen molar-refractivity contribution < 1.29 is 28.9 Å². The molecule has 3 aromatic carbocycles. The molecule has 0 radical (unpaired) electrons. The zero-order valence-electron chi connectivity index (χ0n) is 31.4. The Bertz CT molecular complexity index is 2420. The van der Waals surface area contributed by atoms with E-state index in [0.29, 0.717) is 35.3 Å². The number of nitrogens with one attached hydrogen (secondary N) is 4. The highest BCUT2D eigenvalue weighted by Gasteiger charge is 2.24. The van der Waals surface area contributed by atoms with E-state index < -0.39 is 6.09 Å². The van der Waals surface area contributed by atoms with Crippen LogP contribution in [0, 0.1) is 0 Å². The van der Waals surface area contributed by atoms with Crippen LogP contribution in [0.1, 0.15) is 24.4 Å². The summed E-state index contributed by atoms with van der Waals surface area (Å²) in [6.07, 6.45) is 2.12. The van der Waals surface area contributed by atoms with Crippen LogP contribution in [-0.4, -0.2) is 101 Å². The molecule has 0 saturated carbocycles. The fraction of sp³-hybridized carbons (Fsp3) is 0.310. The Hall–Kier alpha value is -6.13. The molecule has 15 heteroatoms. The van der Waals surface area contributed by atoms with E-state index >= 15 is 0 Å². The van der Waals surface area contributed by atoms with E-state index in [-0.39, 0.29) is 56.2 Å². The first-order valence-corrected chi connectivity index (χ1v) is 19.0. The monoisotopic (exact) mass is 775 g/mol. The van der Waals surface area contributed by atoms with Gasteiger partial charge in [0.15, 0.2) is 0 Å². The van der Waals surface area contributed by atoms with Gasteiger partial charge in [0.1, 0.15) is 6.61 Å². The second-order valence-corrected chi connectivity index (χ2v) is 13.8. The molecule has 5 N–H and O–H groups in total. The van der Waals surface area contributed by atoms with Crippen molar-refractivity contribution >= 4 is 39.6 Å². The number of piperidine rings is 1. The molecule has 57 heavy (non-hydrogen) atoms. The molecular formula is C42H45N7O8. The lowest BCUT2D eigenvalue weighted by atomic mass is 9.97. The molecule has 2 amide bonds. The smallest absolute Gasteiger partial charge is 0.404 e. The number of anilines is 1. The standard InChI is InChI=1S/C42H45N7O8/c50-38(27-57-23-22-56-21-20-55-19-16-44-42(53)54)45-31-10-11-36-37(24-31)49(41(52)47-36)32-13-17-48(18-14-32)26-28-6-8-30(9-7-28)39-33(29-4-2-1-3-5-29)25-34-35(46-39)12-15-43-40(34)51/h1-12,15,24-25,32,44H,13-14,16-23,26-27H2,(H,43,51)(H,45,50)(H,47,52)(H,53,54). The number of imidazole rings is 1. The van der Waals surface area contributed by atoms with Gasteiger partial charge in [0, 0.05) is 55.2 Å². The highest BCUT2D eigenvalue weighted by atomic mass is 16.5. The van der Waals surface area contributed by atoms with Gasteiger partial charge in [-0.15, -0.1) is 0 Å². The van der Waals surface area contributed by atoms with Crippen LogP contribution in [-0.2, 0) is 25.5 Å². The molecule has 296 valence electrons. The van der Waals surface area contributed by atoms with E-state index in [4.69, 9.17) is 24.3 Å². The van der Waals surface area contributed by atoms with Crippen LogP contribution in [0.2, 0.25) is 0 Å². The van der Waals surface area contributed by atoms with Crippen molar-refractivity contribution in [2.75, 3.05) is 64.6 Å². The van der Waals surface area contributed by atoms with Gasteiger partial charge in [-0.3, -0.25) is 19.1 Å². The van der Waals surface area contributed by atoms with Gasteiger partial charge in [-0.1, -0.05) is 54.6 Å². The summed E-state index contributed by atoms with van der Waals surface area (Å²) in [4.78, 5) is 61.8. The Morgan fingerprint density at radius 3 is 2.33 bits per heavy atom. The van der Waals surface area contributed by atoms with Crippen molar-refractivity contribution in [1.82, 2.24) is 29.7 Å². The number of hydrogen-bond donors (Lipinski definition) is 5. The highest BCUT2D eigenvalue weighted by Crippen LogP contribution is 2.33. The first kappa shape index (κ1) is 39.1. The number of ether oxygens (including phenoxy) is 3. The lowest BCUT2D eigenvalue weighted by molar-refractivity contribution is -0.121. The van der Waals surface area contributed by atoms with E-state index in [2.05, 4.69) is 49.8 Å². The third kappa shape index (κ3) is 10.0. The number of likely N-dealkylation sites (tertiary alicyclic amines) is 1. The van der Waals surface area contributed by atoms with Gasteiger partial charge in [-0.05, 0) is 54.3 Å². The molecule has 0 atom stereocenters. The average Bonchev–Trinajstić information content (AvgIpc) is 3.55. The Morgan fingerprint density at radius 1 is 0.842 bits per heavy atom. The molecule has 1 aliphatic rings. The van der Waals surface area contributed by atoms with Crippen molar-refractivity contribution in [3.8, 4) is 22.4 Å². The largest absolute Gasteiger partial charge is 0.465 e. The maximum atomic E-state index is 13.2. The summed E-state index contributed by atoms with van der Waals surface area (Å²) in [5.41, 5.74) is 7.17. The first-order valence-electron chi connectivity index (χ1n) is 19.0. The quantitative estimate of drug-likeness (QED) is 0.0789. The highest BCUT2D eigenvalue weighted by molar-refractivity contribution is 5.94. The van der Waals surface area contributed by atoms with E-state index in [1.807, 2.05) is 53.1 Å². The minimum absolute atomic E-state index is 0.00796. The number of aromatic amines is 2. The van der Waals surface area contributed by atoms with Crippen molar-refractivity contribution in [3.63, 3.8) is 0 Å². The second-order valence-electron chi connectivity index (χ2n) is 13.8. The lowest BCUT2D eigenvalue weighted by Crippen LogP contribution is -2.36. The molecular weight excluding hydrogens is 731 g/mol. The number of benzene rings is 3. The first-order chi connectivity index (χ1) is 27.8. The number of pyridine rings is 2. The van der Waals surface area contributed by atoms with Crippen LogP contribution in [0.25, 0.3) is 44.3 Å². The number of fused-ring (bicyclic) bond motifs is 2. The van der Waals surface area contributed by atoms with E-state index in [0.717, 1.165) is 60.4 Å². The molecule has 3 aromatic heterocycles. The molecule has 0 aliphatic carbocycles. The number of nitrogens with zero attached hydrogens (tertiary/aromatic N) is 3. The lowest BCUT2D eigenvalue weighted by Gasteiger charge is -2.32. The van der Waals surface area contributed by atoms with Crippen LogP contribution >= 0.6 is 0 Å². The molecule has 4 heterocycles. The molecule has 7 rings (SSSR count). The van der Waals surface area contributed by atoms with Crippen LogP contribution < -0.4 is 21.9 Å². The van der Waals surface area contributed by atoms with Gasteiger partial charge in [-0.25, -0.2) is 14.6 Å². The van der Waals surface area contributed by atoms with E-state index in [1.165, 1.54) is 5.56 Å². The number of carboxylic acid groups (broad SMARTS) is 1. The van der Waals surface area contributed by atoms with Crippen LogP contribution in [0.4, 0.5) is 10.5 Å². The van der Waals surface area contributed by atoms with Gasteiger partial charge in [-0.2, -0.15) is 0 Å². The van der Waals surface area contributed by atoms with Crippen molar-refractivity contribution in [2.45, 2.75) is 25.4 Å². The van der Waals surface area contributed by atoms with Gasteiger partial charge in [0.05, 0.1) is 60.7 Å². The van der Waals surface area contributed by atoms with Crippen LogP contribution in [0.15, 0.2) is 101 Å².